The predicted octanol–water partition coefficient (Wildman–Crippen LogP) is 4.87. The second-order valence-electron chi connectivity index (χ2n) is 5.24. The van der Waals surface area contributed by atoms with Gasteiger partial charge in [0.2, 0.25) is 0 Å². The quantitative estimate of drug-likeness (QED) is 0.682. The van der Waals surface area contributed by atoms with E-state index in [2.05, 4.69) is 10.1 Å². The molecule has 0 aliphatic carbocycles. The normalized spacial score (nSPS) is 12.0. The Labute approximate surface area is 147 Å². The van der Waals surface area contributed by atoms with E-state index in [1.165, 1.54) is 23.5 Å². The van der Waals surface area contributed by atoms with Gasteiger partial charge in [-0.3, -0.25) is 4.79 Å². The Morgan fingerprint density at radius 3 is 2.20 bits per heavy atom. The van der Waals surface area contributed by atoms with Crippen molar-refractivity contribution < 1.29 is 18.3 Å². The molecule has 25 heavy (non-hydrogen) atoms. The first-order valence-corrected chi connectivity index (χ1v) is 8.45. The van der Waals surface area contributed by atoms with E-state index >= 15 is 0 Å². The molecule has 3 aromatic rings. The summed E-state index contributed by atoms with van der Waals surface area (Å²) in [6, 6.07) is 18.9. The minimum absolute atomic E-state index is 0.0788. The molecule has 0 spiro atoms. The van der Waals surface area contributed by atoms with E-state index in [0.717, 1.165) is 11.1 Å². The summed E-state index contributed by atoms with van der Waals surface area (Å²) in [5.41, 5.74) is 1.67. The number of amides is 1. The average molecular weight is 359 g/mol. The molecule has 3 rings (SSSR count). The van der Waals surface area contributed by atoms with Crippen LogP contribution >= 0.6 is 11.3 Å². The molecule has 1 amide bonds. The number of alkyl halides is 2. The number of halogens is 2. The van der Waals surface area contributed by atoms with Crippen LogP contribution in [0.15, 0.2) is 72.1 Å². The van der Waals surface area contributed by atoms with E-state index in [4.69, 9.17) is 0 Å². The van der Waals surface area contributed by atoms with Crippen molar-refractivity contribution in [2.24, 2.45) is 0 Å². The number of hydrogen-bond acceptors (Lipinski definition) is 3. The molecule has 6 heteroatoms. The lowest BCUT2D eigenvalue weighted by molar-refractivity contribution is -0.0498. The predicted molar refractivity (Wildman–Crippen MR) is 93.1 cm³/mol. The van der Waals surface area contributed by atoms with Crippen molar-refractivity contribution in [1.29, 1.82) is 0 Å². The topological polar surface area (TPSA) is 38.3 Å². The monoisotopic (exact) mass is 359 g/mol. The molecule has 1 N–H and O–H groups in total. The zero-order valence-electron chi connectivity index (χ0n) is 13.1. The molecule has 0 saturated heterocycles. The zero-order valence-corrected chi connectivity index (χ0v) is 13.9. The maximum atomic E-state index is 12.5. The number of benzene rings is 2. The molecule has 0 radical (unpaired) electrons. The number of thiophene rings is 1. The maximum absolute atomic E-state index is 12.5. The summed E-state index contributed by atoms with van der Waals surface area (Å²) in [7, 11) is 0. The van der Waals surface area contributed by atoms with Crippen molar-refractivity contribution in [3.05, 3.63) is 88.1 Å². The average Bonchev–Trinajstić information content (AvgIpc) is 3.15. The number of nitrogens with one attached hydrogen (secondary N) is 1. The van der Waals surface area contributed by atoms with Gasteiger partial charge in [-0.1, -0.05) is 48.5 Å². The van der Waals surface area contributed by atoms with Gasteiger partial charge < -0.3 is 10.1 Å². The van der Waals surface area contributed by atoms with Crippen LogP contribution in [0.2, 0.25) is 0 Å². The Morgan fingerprint density at radius 2 is 1.60 bits per heavy atom. The van der Waals surface area contributed by atoms with Crippen LogP contribution in [0.4, 0.5) is 8.78 Å². The van der Waals surface area contributed by atoms with E-state index in [1.54, 1.807) is 18.2 Å². The second kappa shape index (κ2) is 7.90. The first-order chi connectivity index (χ1) is 12.1. The Kier molecular flexibility index (Phi) is 5.40. The van der Waals surface area contributed by atoms with Crippen LogP contribution in [0.1, 0.15) is 26.8 Å². The molecule has 1 aromatic heterocycles. The maximum Gasteiger partial charge on any atom is 0.387 e. The van der Waals surface area contributed by atoms with E-state index in [-0.39, 0.29) is 11.7 Å². The minimum Gasteiger partial charge on any atom is -0.435 e. The summed E-state index contributed by atoms with van der Waals surface area (Å²) in [5.74, 6) is -0.105. The number of rotatable bonds is 6. The third-order valence-corrected chi connectivity index (χ3v) is 4.46. The lowest BCUT2D eigenvalue weighted by Gasteiger charge is -2.20. The summed E-state index contributed by atoms with van der Waals surface area (Å²) < 4.78 is 29.0. The van der Waals surface area contributed by atoms with Gasteiger partial charge >= 0.3 is 6.61 Å². The van der Waals surface area contributed by atoms with Gasteiger partial charge in [-0.2, -0.15) is 8.78 Å². The van der Waals surface area contributed by atoms with Crippen LogP contribution in [-0.4, -0.2) is 12.5 Å². The summed E-state index contributed by atoms with van der Waals surface area (Å²) in [4.78, 5) is 13.1. The summed E-state index contributed by atoms with van der Waals surface area (Å²) in [6.45, 7) is -2.87. The first-order valence-electron chi connectivity index (χ1n) is 7.57. The Bertz CT molecular complexity index is 805. The summed E-state index contributed by atoms with van der Waals surface area (Å²) in [5, 5.41) is 4.83. The molecule has 1 unspecified atom stereocenters. The second-order valence-corrected chi connectivity index (χ2v) is 6.19. The molecule has 0 fully saturated rings. The van der Waals surface area contributed by atoms with Crippen molar-refractivity contribution >= 4 is 17.2 Å². The van der Waals surface area contributed by atoms with Crippen molar-refractivity contribution in [1.82, 2.24) is 5.32 Å². The van der Waals surface area contributed by atoms with Crippen molar-refractivity contribution in [3.63, 3.8) is 0 Å². The van der Waals surface area contributed by atoms with Gasteiger partial charge in [-0.05, 0) is 34.7 Å². The smallest absolute Gasteiger partial charge is 0.387 e. The van der Waals surface area contributed by atoms with Crippen LogP contribution in [-0.2, 0) is 0 Å². The fourth-order valence-electron chi connectivity index (χ4n) is 2.46. The van der Waals surface area contributed by atoms with Crippen LogP contribution in [0, 0.1) is 0 Å². The van der Waals surface area contributed by atoms with Crippen LogP contribution in [0.25, 0.3) is 0 Å². The Balaban J connectivity index is 1.87. The molecule has 1 atom stereocenters. The van der Waals surface area contributed by atoms with Crippen LogP contribution in [0.3, 0.4) is 0 Å². The van der Waals surface area contributed by atoms with E-state index in [0.29, 0.717) is 4.88 Å². The van der Waals surface area contributed by atoms with Crippen LogP contribution < -0.4 is 10.1 Å². The van der Waals surface area contributed by atoms with Crippen molar-refractivity contribution in [2.45, 2.75) is 12.7 Å². The summed E-state index contributed by atoms with van der Waals surface area (Å²) in [6.07, 6.45) is 0. The van der Waals surface area contributed by atoms with Gasteiger partial charge in [-0.25, -0.2) is 0 Å². The first kappa shape index (κ1) is 17.1. The largest absolute Gasteiger partial charge is 0.435 e. The molecule has 0 saturated carbocycles. The zero-order chi connectivity index (χ0) is 17.6. The fourth-order valence-corrected chi connectivity index (χ4v) is 3.08. The van der Waals surface area contributed by atoms with Crippen molar-refractivity contribution in [2.75, 3.05) is 0 Å². The van der Waals surface area contributed by atoms with Gasteiger partial charge in [0.05, 0.1) is 10.9 Å². The van der Waals surface area contributed by atoms with Crippen LogP contribution in [0.5, 0.6) is 5.75 Å². The number of carbonyl (C=O) groups excluding carboxylic acids is 1. The lowest BCUT2D eigenvalue weighted by atomic mass is 9.98. The van der Waals surface area contributed by atoms with Crippen molar-refractivity contribution in [3.8, 4) is 5.75 Å². The minimum atomic E-state index is -2.87. The Morgan fingerprint density at radius 1 is 0.920 bits per heavy atom. The van der Waals surface area contributed by atoms with Gasteiger partial charge in [0.15, 0.2) is 0 Å². The van der Waals surface area contributed by atoms with E-state index < -0.39 is 12.7 Å². The highest BCUT2D eigenvalue weighted by Crippen LogP contribution is 2.25. The molecule has 0 aliphatic heterocycles. The van der Waals surface area contributed by atoms with E-state index in [9.17, 15) is 13.6 Å². The molecule has 0 bridgehead atoms. The molecule has 0 aliphatic rings. The Hall–Kier alpha value is -2.73. The molecule has 1 heterocycles. The van der Waals surface area contributed by atoms with Gasteiger partial charge in [0.1, 0.15) is 5.75 Å². The molecular formula is C19H15F2NO2S. The summed E-state index contributed by atoms with van der Waals surface area (Å²) >= 11 is 1.36. The highest BCUT2D eigenvalue weighted by atomic mass is 32.1. The molecule has 3 nitrogen and oxygen atoms in total. The number of hydrogen-bond donors (Lipinski definition) is 1. The SMILES string of the molecule is O=C(NC(c1ccccc1)c1ccc(OC(F)F)cc1)c1cccs1. The van der Waals surface area contributed by atoms with E-state index in [1.807, 2.05) is 41.8 Å². The lowest BCUT2D eigenvalue weighted by Crippen LogP contribution is -2.28. The molecule has 128 valence electrons. The fraction of sp³-hybridized carbons (Fsp3) is 0.105. The third kappa shape index (κ3) is 4.42. The van der Waals surface area contributed by atoms with Gasteiger partial charge in [0.25, 0.3) is 5.91 Å². The highest BCUT2D eigenvalue weighted by Gasteiger charge is 2.18. The third-order valence-electron chi connectivity index (χ3n) is 3.59. The molecule has 2 aromatic carbocycles. The number of carbonyl (C=O) groups is 1. The number of ether oxygens (including phenoxy) is 1. The highest BCUT2D eigenvalue weighted by molar-refractivity contribution is 7.12. The standard InChI is InChI=1S/C19H15F2NO2S/c20-19(21)24-15-10-8-14(9-11-15)17(13-5-2-1-3-6-13)22-18(23)16-7-4-12-25-16/h1-12,17,19H,(H,22,23). The van der Waals surface area contributed by atoms with Gasteiger partial charge in [-0.15, -0.1) is 11.3 Å². The molecular weight excluding hydrogens is 344 g/mol. The van der Waals surface area contributed by atoms with Gasteiger partial charge in [0, 0.05) is 0 Å².